The van der Waals surface area contributed by atoms with Gasteiger partial charge in [0.15, 0.2) is 6.29 Å². The average molecular weight is 784 g/mol. The molecule has 1 amide bonds. The SMILES string of the molecule is CC/C=C\C/C=C\C/C=C\C/C=C\C/C=C\C/C=C\CCCCC(=O)NC(COC1OC(CO)C(O)C(O)C1O)C(O)/C=C/CC/C=C/CCCCCCCC. The van der Waals surface area contributed by atoms with E-state index in [1.807, 2.05) is 6.08 Å². The third-order valence-corrected chi connectivity index (χ3v) is 9.39. The highest BCUT2D eigenvalue weighted by Gasteiger charge is 2.44. The number of carbonyl (C=O) groups is 1. The average Bonchev–Trinajstić information content (AvgIpc) is 3.20. The highest BCUT2D eigenvalue weighted by molar-refractivity contribution is 5.76. The zero-order valence-electron chi connectivity index (χ0n) is 34.6. The van der Waals surface area contributed by atoms with Gasteiger partial charge in [0, 0.05) is 6.42 Å². The number of hydrogen-bond acceptors (Lipinski definition) is 8. The first-order valence-electron chi connectivity index (χ1n) is 21.5. The largest absolute Gasteiger partial charge is 0.394 e. The van der Waals surface area contributed by atoms with Crippen LogP contribution in [0.15, 0.2) is 97.2 Å². The Bertz CT molecular complexity index is 1190. The normalized spacial score (nSPS) is 22.2. The molecule has 1 saturated heterocycles. The van der Waals surface area contributed by atoms with Crippen LogP contribution in [0.1, 0.15) is 136 Å². The van der Waals surface area contributed by atoms with Crippen molar-refractivity contribution in [1.82, 2.24) is 5.32 Å². The van der Waals surface area contributed by atoms with Gasteiger partial charge in [0.25, 0.3) is 0 Å². The number of nitrogens with one attached hydrogen (secondary N) is 1. The third-order valence-electron chi connectivity index (χ3n) is 9.39. The third kappa shape index (κ3) is 26.9. The Balaban J connectivity index is 2.45. The number of ether oxygens (including phenoxy) is 2. The highest BCUT2D eigenvalue weighted by atomic mass is 16.7. The molecule has 0 aromatic carbocycles. The number of allylic oxidation sites excluding steroid dienone is 15. The van der Waals surface area contributed by atoms with Crippen molar-refractivity contribution >= 4 is 5.91 Å². The second kappa shape index (κ2) is 36.5. The van der Waals surface area contributed by atoms with Crippen LogP contribution in [0.5, 0.6) is 0 Å². The molecule has 1 rings (SSSR count). The Labute approximate surface area is 339 Å². The van der Waals surface area contributed by atoms with Crippen LogP contribution in [0.2, 0.25) is 0 Å². The second-order valence-electron chi connectivity index (χ2n) is 14.4. The lowest BCUT2D eigenvalue weighted by Gasteiger charge is -2.40. The molecule has 0 aromatic rings. The Kier molecular flexibility index (Phi) is 33.3. The molecule has 1 aliphatic heterocycles. The molecule has 7 unspecified atom stereocenters. The van der Waals surface area contributed by atoms with E-state index in [9.17, 15) is 30.3 Å². The quantitative estimate of drug-likeness (QED) is 0.0287. The Morgan fingerprint density at radius 2 is 1.12 bits per heavy atom. The first-order chi connectivity index (χ1) is 27.3. The molecule has 0 saturated carbocycles. The summed E-state index contributed by atoms with van der Waals surface area (Å²) in [5, 5.41) is 54.0. The van der Waals surface area contributed by atoms with Gasteiger partial charge in [-0.25, -0.2) is 0 Å². The van der Waals surface area contributed by atoms with Crippen molar-refractivity contribution in [1.29, 1.82) is 0 Å². The van der Waals surface area contributed by atoms with Crippen molar-refractivity contribution in [3.63, 3.8) is 0 Å². The van der Waals surface area contributed by atoms with Crippen LogP contribution in [0, 0.1) is 0 Å². The molecule has 6 N–H and O–H groups in total. The van der Waals surface area contributed by atoms with E-state index in [0.29, 0.717) is 6.42 Å². The summed E-state index contributed by atoms with van der Waals surface area (Å²) in [7, 11) is 0. The lowest BCUT2D eigenvalue weighted by Crippen LogP contribution is -2.60. The maximum Gasteiger partial charge on any atom is 0.220 e. The smallest absolute Gasteiger partial charge is 0.220 e. The lowest BCUT2D eigenvalue weighted by molar-refractivity contribution is -0.302. The summed E-state index contributed by atoms with van der Waals surface area (Å²) in [6, 6.07) is -0.849. The van der Waals surface area contributed by atoms with Crippen LogP contribution in [-0.2, 0) is 14.3 Å². The number of amides is 1. The van der Waals surface area contributed by atoms with Crippen molar-refractivity contribution in [3.05, 3.63) is 97.2 Å². The van der Waals surface area contributed by atoms with Gasteiger partial charge in [0.05, 0.1) is 25.4 Å². The molecule has 0 spiro atoms. The molecule has 0 bridgehead atoms. The van der Waals surface area contributed by atoms with Crippen LogP contribution in [0.3, 0.4) is 0 Å². The predicted molar refractivity (Wildman–Crippen MR) is 230 cm³/mol. The molecule has 318 valence electrons. The second-order valence-corrected chi connectivity index (χ2v) is 14.4. The Hall–Kier alpha value is -2.89. The molecule has 1 heterocycles. The molecule has 0 radical (unpaired) electrons. The molecule has 1 fully saturated rings. The van der Waals surface area contributed by atoms with Crippen LogP contribution in [0.4, 0.5) is 0 Å². The van der Waals surface area contributed by atoms with Gasteiger partial charge in [-0.3, -0.25) is 4.79 Å². The van der Waals surface area contributed by atoms with E-state index in [2.05, 4.69) is 104 Å². The van der Waals surface area contributed by atoms with Gasteiger partial charge in [-0.1, -0.05) is 143 Å². The fourth-order valence-corrected chi connectivity index (χ4v) is 5.94. The molecule has 0 aliphatic carbocycles. The molecule has 7 atom stereocenters. The summed E-state index contributed by atoms with van der Waals surface area (Å²) in [5.74, 6) is -0.236. The molecule has 56 heavy (non-hydrogen) atoms. The standard InChI is InChI=1S/C47H77NO8/c1-3-5-7-9-11-13-15-17-18-19-20-21-22-23-24-25-27-29-31-33-35-37-43(51)48-40(39-55-47-46(54)45(53)44(52)42(38-49)56-47)41(50)36-34-32-30-28-26-16-14-12-10-8-6-4-2/h5,7,11,13,17-18,20-21,23-24,26-29,34,36,40-42,44-47,49-50,52-54H,3-4,6,8-10,12,14-16,19,22,25,30-33,35,37-39H2,1-2H3,(H,48,51)/b7-5-,13-11-,18-17-,21-20-,24-23-,28-26+,29-27-,36-34+. The van der Waals surface area contributed by atoms with E-state index in [4.69, 9.17) is 9.47 Å². The number of hydrogen-bond donors (Lipinski definition) is 6. The van der Waals surface area contributed by atoms with Crippen LogP contribution in [0.25, 0.3) is 0 Å². The monoisotopic (exact) mass is 784 g/mol. The summed E-state index contributed by atoms with van der Waals surface area (Å²) in [6.45, 7) is 3.56. The van der Waals surface area contributed by atoms with E-state index >= 15 is 0 Å². The summed E-state index contributed by atoms with van der Waals surface area (Å²) in [4.78, 5) is 12.9. The van der Waals surface area contributed by atoms with Crippen LogP contribution in [-0.4, -0.2) is 87.5 Å². The Morgan fingerprint density at radius 3 is 1.71 bits per heavy atom. The van der Waals surface area contributed by atoms with Gasteiger partial charge in [-0.05, 0) is 83.5 Å². The van der Waals surface area contributed by atoms with Crippen molar-refractivity contribution in [3.8, 4) is 0 Å². The number of aliphatic hydroxyl groups excluding tert-OH is 5. The van der Waals surface area contributed by atoms with E-state index in [0.717, 1.165) is 70.6 Å². The predicted octanol–water partition coefficient (Wildman–Crippen LogP) is 8.55. The topological polar surface area (TPSA) is 149 Å². The first-order valence-corrected chi connectivity index (χ1v) is 21.5. The fraction of sp³-hybridized carbons (Fsp3) is 0.638. The summed E-state index contributed by atoms with van der Waals surface area (Å²) in [5.41, 5.74) is 0. The van der Waals surface area contributed by atoms with Crippen molar-refractivity contribution in [2.24, 2.45) is 0 Å². The van der Waals surface area contributed by atoms with Crippen molar-refractivity contribution in [2.45, 2.75) is 179 Å². The van der Waals surface area contributed by atoms with Gasteiger partial charge in [0.2, 0.25) is 5.91 Å². The number of carbonyl (C=O) groups excluding carboxylic acids is 1. The number of unbranched alkanes of at least 4 members (excludes halogenated alkanes) is 9. The van der Waals surface area contributed by atoms with Gasteiger partial charge < -0.3 is 40.3 Å². The van der Waals surface area contributed by atoms with Crippen molar-refractivity contribution < 1.29 is 39.8 Å². The van der Waals surface area contributed by atoms with Gasteiger partial charge in [-0.2, -0.15) is 0 Å². The summed E-state index contributed by atoms with van der Waals surface area (Å²) >= 11 is 0. The van der Waals surface area contributed by atoms with Crippen LogP contribution >= 0.6 is 0 Å². The Morgan fingerprint density at radius 1 is 0.625 bits per heavy atom. The van der Waals surface area contributed by atoms with E-state index < -0.39 is 49.5 Å². The molecular weight excluding hydrogens is 707 g/mol. The maximum atomic E-state index is 12.9. The fourth-order valence-electron chi connectivity index (χ4n) is 5.94. The summed E-state index contributed by atoms with van der Waals surface area (Å²) < 4.78 is 11.1. The van der Waals surface area contributed by atoms with E-state index in [1.54, 1.807) is 6.08 Å². The highest BCUT2D eigenvalue weighted by Crippen LogP contribution is 2.22. The zero-order valence-corrected chi connectivity index (χ0v) is 34.6. The molecule has 9 heteroatoms. The van der Waals surface area contributed by atoms with Crippen LogP contribution < -0.4 is 5.32 Å². The van der Waals surface area contributed by atoms with E-state index in [-0.39, 0.29) is 18.9 Å². The minimum Gasteiger partial charge on any atom is -0.394 e. The minimum absolute atomic E-state index is 0.226. The molecule has 9 nitrogen and oxygen atoms in total. The zero-order chi connectivity index (χ0) is 40.9. The molecule has 0 aromatic heterocycles. The van der Waals surface area contributed by atoms with Crippen molar-refractivity contribution in [2.75, 3.05) is 13.2 Å². The van der Waals surface area contributed by atoms with Gasteiger partial charge in [-0.15, -0.1) is 0 Å². The molecular formula is C47H77NO8. The molecule has 1 aliphatic rings. The van der Waals surface area contributed by atoms with E-state index in [1.165, 1.54) is 38.5 Å². The lowest BCUT2D eigenvalue weighted by atomic mass is 9.99. The van der Waals surface area contributed by atoms with Gasteiger partial charge in [0.1, 0.15) is 24.4 Å². The number of aliphatic hydroxyl groups is 5. The van der Waals surface area contributed by atoms with Gasteiger partial charge >= 0.3 is 0 Å². The first kappa shape index (κ1) is 51.1. The number of rotatable bonds is 33. The maximum absolute atomic E-state index is 12.9. The minimum atomic E-state index is -1.58. The summed E-state index contributed by atoms with van der Waals surface area (Å²) in [6.07, 6.45) is 44.5.